The molecule has 0 spiro atoms. The Bertz CT molecular complexity index is 574. The predicted octanol–water partition coefficient (Wildman–Crippen LogP) is 4.77. The van der Waals surface area contributed by atoms with Crippen LogP contribution in [0.2, 0.25) is 0 Å². The minimum absolute atomic E-state index is 0.0492. The van der Waals surface area contributed by atoms with E-state index in [4.69, 9.17) is 4.74 Å². The number of anilines is 1. The molecule has 0 aliphatic rings. The van der Waals surface area contributed by atoms with Gasteiger partial charge < -0.3 is 10.1 Å². The average molecular weight is 324 g/mol. The highest BCUT2D eigenvalue weighted by atomic mass is 79.9. The van der Waals surface area contributed by atoms with Gasteiger partial charge in [-0.2, -0.15) is 0 Å². The Morgan fingerprint density at radius 2 is 1.95 bits per heavy atom. The fourth-order valence-corrected chi connectivity index (χ4v) is 2.27. The molecule has 2 aromatic carbocycles. The zero-order chi connectivity index (χ0) is 13.8. The number of methoxy groups -OCH3 is 1. The van der Waals surface area contributed by atoms with Crippen LogP contribution in [-0.4, -0.2) is 7.11 Å². The topological polar surface area (TPSA) is 21.3 Å². The Labute approximate surface area is 120 Å². The van der Waals surface area contributed by atoms with Gasteiger partial charge in [-0.1, -0.05) is 34.1 Å². The molecule has 2 nitrogen and oxygen atoms in total. The van der Waals surface area contributed by atoms with Crippen molar-refractivity contribution < 1.29 is 9.13 Å². The van der Waals surface area contributed by atoms with Crippen molar-refractivity contribution in [3.63, 3.8) is 0 Å². The van der Waals surface area contributed by atoms with Crippen LogP contribution in [0.4, 0.5) is 10.1 Å². The molecule has 2 aromatic rings. The van der Waals surface area contributed by atoms with Crippen molar-refractivity contribution in [3.8, 4) is 5.75 Å². The van der Waals surface area contributed by atoms with E-state index >= 15 is 0 Å². The summed E-state index contributed by atoms with van der Waals surface area (Å²) in [4.78, 5) is 0. The maximum atomic E-state index is 13.8. The molecular weight excluding hydrogens is 309 g/mol. The summed E-state index contributed by atoms with van der Waals surface area (Å²) < 4.78 is 19.8. The first-order valence-corrected chi connectivity index (χ1v) is 6.75. The van der Waals surface area contributed by atoms with Gasteiger partial charge in [0.25, 0.3) is 0 Å². The van der Waals surface area contributed by atoms with Crippen LogP contribution in [0, 0.1) is 5.82 Å². The molecule has 0 radical (unpaired) electrons. The first kappa shape index (κ1) is 13.9. The number of nitrogens with one attached hydrogen (secondary N) is 1. The molecule has 0 saturated heterocycles. The summed E-state index contributed by atoms with van der Waals surface area (Å²) in [7, 11) is 1.63. The highest BCUT2D eigenvalue weighted by Gasteiger charge is 2.12. The summed E-state index contributed by atoms with van der Waals surface area (Å²) in [6.45, 7) is 1.97. The highest BCUT2D eigenvalue weighted by molar-refractivity contribution is 9.10. The summed E-state index contributed by atoms with van der Waals surface area (Å²) in [5, 5.41) is 3.15. The van der Waals surface area contributed by atoms with Crippen molar-refractivity contribution in [2.45, 2.75) is 13.0 Å². The fourth-order valence-electron chi connectivity index (χ4n) is 1.94. The minimum atomic E-state index is -0.281. The van der Waals surface area contributed by atoms with Gasteiger partial charge >= 0.3 is 0 Å². The van der Waals surface area contributed by atoms with Gasteiger partial charge in [-0.05, 0) is 31.2 Å². The first-order chi connectivity index (χ1) is 9.11. The van der Waals surface area contributed by atoms with E-state index in [0.717, 1.165) is 15.8 Å². The average Bonchev–Trinajstić information content (AvgIpc) is 2.41. The molecule has 0 fully saturated rings. The van der Waals surface area contributed by atoms with Crippen molar-refractivity contribution in [2.24, 2.45) is 0 Å². The molecule has 100 valence electrons. The molecule has 0 aromatic heterocycles. The Balaban J connectivity index is 2.23. The van der Waals surface area contributed by atoms with E-state index in [2.05, 4.69) is 21.2 Å². The number of benzene rings is 2. The number of rotatable bonds is 4. The summed E-state index contributed by atoms with van der Waals surface area (Å²) >= 11 is 3.24. The van der Waals surface area contributed by atoms with Crippen LogP contribution in [0.15, 0.2) is 46.9 Å². The molecule has 0 aliphatic heterocycles. The molecule has 2 rings (SSSR count). The second-order valence-corrected chi connectivity index (χ2v) is 5.15. The zero-order valence-corrected chi connectivity index (χ0v) is 12.4. The van der Waals surface area contributed by atoms with Crippen molar-refractivity contribution >= 4 is 21.6 Å². The van der Waals surface area contributed by atoms with E-state index in [1.807, 2.05) is 31.2 Å². The van der Waals surface area contributed by atoms with E-state index in [1.165, 1.54) is 6.07 Å². The van der Waals surface area contributed by atoms with Crippen LogP contribution in [0.1, 0.15) is 18.5 Å². The lowest BCUT2D eigenvalue weighted by Gasteiger charge is -2.18. The fraction of sp³-hybridized carbons (Fsp3) is 0.200. The van der Waals surface area contributed by atoms with Gasteiger partial charge in [0.1, 0.15) is 11.6 Å². The summed E-state index contributed by atoms with van der Waals surface area (Å²) in [6, 6.07) is 12.6. The summed E-state index contributed by atoms with van der Waals surface area (Å²) in [5.74, 6) is 0.510. The third-order valence-corrected chi connectivity index (χ3v) is 3.40. The Hall–Kier alpha value is -1.55. The van der Waals surface area contributed by atoms with Gasteiger partial charge in [0.05, 0.1) is 18.8 Å². The highest BCUT2D eigenvalue weighted by Crippen LogP contribution is 2.29. The second-order valence-electron chi connectivity index (χ2n) is 4.23. The molecule has 1 unspecified atom stereocenters. The molecule has 0 heterocycles. The Morgan fingerprint density at radius 1 is 1.21 bits per heavy atom. The van der Waals surface area contributed by atoms with E-state index in [0.29, 0.717) is 5.69 Å². The van der Waals surface area contributed by atoms with Gasteiger partial charge in [-0.3, -0.25) is 0 Å². The molecule has 1 N–H and O–H groups in total. The van der Waals surface area contributed by atoms with Crippen LogP contribution in [0.25, 0.3) is 0 Å². The summed E-state index contributed by atoms with van der Waals surface area (Å²) in [6.07, 6.45) is 0. The van der Waals surface area contributed by atoms with Crippen LogP contribution in [-0.2, 0) is 0 Å². The number of ether oxygens (including phenoxy) is 1. The Morgan fingerprint density at radius 3 is 2.63 bits per heavy atom. The molecular formula is C15H15BrFNO. The minimum Gasteiger partial charge on any atom is -0.496 e. The molecule has 4 heteroatoms. The van der Waals surface area contributed by atoms with Crippen LogP contribution in [0.5, 0.6) is 5.75 Å². The van der Waals surface area contributed by atoms with E-state index in [-0.39, 0.29) is 11.9 Å². The number of para-hydroxylation sites is 1. The van der Waals surface area contributed by atoms with Crippen LogP contribution in [0.3, 0.4) is 0 Å². The monoisotopic (exact) mass is 323 g/mol. The molecule has 19 heavy (non-hydrogen) atoms. The third kappa shape index (κ3) is 3.26. The van der Waals surface area contributed by atoms with Crippen molar-refractivity contribution in [3.05, 3.63) is 58.3 Å². The van der Waals surface area contributed by atoms with Gasteiger partial charge in [-0.15, -0.1) is 0 Å². The molecule has 0 aliphatic carbocycles. The molecule has 1 atom stereocenters. The van der Waals surface area contributed by atoms with Gasteiger partial charge in [-0.25, -0.2) is 4.39 Å². The van der Waals surface area contributed by atoms with Gasteiger partial charge in [0.15, 0.2) is 0 Å². The smallest absolute Gasteiger partial charge is 0.147 e. The predicted molar refractivity (Wildman–Crippen MR) is 79.1 cm³/mol. The van der Waals surface area contributed by atoms with Crippen molar-refractivity contribution in [2.75, 3.05) is 12.4 Å². The van der Waals surface area contributed by atoms with E-state index < -0.39 is 0 Å². The Kier molecular flexibility index (Phi) is 4.43. The lowest BCUT2D eigenvalue weighted by molar-refractivity contribution is 0.408. The SMILES string of the molecule is COc1ccccc1C(C)Nc1ccc(Br)cc1F. The number of hydrogen-bond donors (Lipinski definition) is 1. The van der Waals surface area contributed by atoms with Crippen LogP contribution >= 0.6 is 15.9 Å². The van der Waals surface area contributed by atoms with Crippen molar-refractivity contribution in [1.29, 1.82) is 0 Å². The van der Waals surface area contributed by atoms with Crippen molar-refractivity contribution in [1.82, 2.24) is 0 Å². The quantitative estimate of drug-likeness (QED) is 0.875. The zero-order valence-electron chi connectivity index (χ0n) is 10.8. The molecule has 0 saturated carbocycles. The standard InChI is InChI=1S/C15H15BrFNO/c1-10(12-5-3-4-6-15(12)19-2)18-14-8-7-11(16)9-13(14)17/h3-10,18H,1-2H3. The largest absolute Gasteiger partial charge is 0.496 e. The maximum Gasteiger partial charge on any atom is 0.147 e. The van der Waals surface area contributed by atoms with E-state index in [1.54, 1.807) is 19.2 Å². The van der Waals surface area contributed by atoms with Gasteiger partial charge in [0, 0.05) is 10.0 Å². The number of hydrogen-bond acceptors (Lipinski definition) is 2. The summed E-state index contributed by atoms with van der Waals surface area (Å²) in [5.41, 5.74) is 1.47. The molecule has 0 bridgehead atoms. The van der Waals surface area contributed by atoms with Gasteiger partial charge in [0.2, 0.25) is 0 Å². The first-order valence-electron chi connectivity index (χ1n) is 5.96. The third-order valence-electron chi connectivity index (χ3n) is 2.91. The van der Waals surface area contributed by atoms with Crippen LogP contribution < -0.4 is 10.1 Å². The maximum absolute atomic E-state index is 13.8. The lowest BCUT2D eigenvalue weighted by Crippen LogP contribution is -2.09. The number of halogens is 2. The molecule has 0 amide bonds. The normalized spacial score (nSPS) is 12.0. The van der Waals surface area contributed by atoms with E-state index in [9.17, 15) is 4.39 Å². The lowest BCUT2D eigenvalue weighted by atomic mass is 10.1. The second kappa shape index (κ2) is 6.06.